The first-order valence-corrected chi connectivity index (χ1v) is 7.86. The van der Waals surface area contributed by atoms with E-state index in [9.17, 15) is 9.90 Å². The summed E-state index contributed by atoms with van der Waals surface area (Å²) in [4.78, 5) is 12.1. The first-order chi connectivity index (χ1) is 9.06. The standard InChI is InChI=1S/C15H20INO2/c1-10-5-6-12(8-14(10)16)15(19)17-9-11-3-2-4-13(18)7-11/h5-6,8,11,13,18H,2-4,7,9H2,1H3,(H,17,19). The van der Waals surface area contributed by atoms with E-state index >= 15 is 0 Å². The van der Waals surface area contributed by atoms with Crippen molar-refractivity contribution in [1.29, 1.82) is 0 Å². The van der Waals surface area contributed by atoms with E-state index in [4.69, 9.17) is 0 Å². The number of amides is 1. The molecule has 19 heavy (non-hydrogen) atoms. The molecule has 0 spiro atoms. The molecular weight excluding hydrogens is 353 g/mol. The number of carbonyl (C=O) groups excluding carboxylic acids is 1. The molecule has 0 aliphatic heterocycles. The number of carbonyl (C=O) groups is 1. The molecule has 104 valence electrons. The number of rotatable bonds is 3. The minimum atomic E-state index is -0.184. The molecule has 0 aromatic heterocycles. The van der Waals surface area contributed by atoms with Gasteiger partial charge in [0.1, 0.15) is 0 Å². The normalized spacial score (nSPS) is 23.1. The molecule has 1 saturated carbocycles. The van der Waals surface area contributed by atoms with E-state index in [0.717, 1.165) is 29.3 Å². The molecule has 4 heteroatoms. The van der Waals surface area contributed by atoms with Crippen LogP contribution < -0.4 is 5.32 Å². The molecule has 1 fully saturated rings. The number of aliphatic hydroxyl groups excluding tert-OH is 1. The molecule has 2 atom stereocenters. The maximum absolute atomic E-state index is 12.1. The minimum Gasteiger partial charge on any atom is -0.393 e. The van der Waals surface area contributed by atoms with Gasteiger partial charge in [-0.05, 0) is 72.4 Å². The fourth-order valence-corrected chi connectivity index (χ4v) is 3.04. The van der Waals surface area contributed by atoms with E-state index in [-0.39, 0.29) is 12.0 Å². The molecule has 1 amide bonds. The maximum atomic E-state index is 12.1. The molecule has 1 aliphatic carbocycles. The van der Waals surface area contributed by atoms with Crippen LogP contribution in [0.3, 0.4) is 0 Å². The molecule has 2 N–H and O–H groups in total. The zero-order valence-corrected chi connectivity index (χ0v) is 13.3. The Hall–Kier alpha value is -0.620. The predicted octanol–water partition coefficient (Wildman–Crippen LogP) is 2.88. The topological polar surface area (TPSA) is 49.3 Å². The Morgan fingerprint density at radius 3 is 2.95 bits per heavy atom. The average Bonchev–Trinajstić information content (AvgIpc) is 2.39. The third kappa shape index (κ3) is 4.18. The first-order valence-electron chi connectivity index (χ1n) is 6.78. The van der Waals surface area contributed by atoms with Crippen molar-refractivity contribution in [2.24, 2.45) is 5.92 Å². The number of halogens is 1. The molecule has 3 nitrogen and oxygen atoms in total. The van der Waals surface area contributed by atoms with E-state index in [1.807, 2.05) is 25.1 Å². The van der Waals surface area contributed by atoms with Crippen LogP contribution in [0.15, 0.2) is 18.2 Å². The van der Waals surface area contributed by atoms with Crippen molar-refractivity contribution in [3.63, 3.8) is 0 Å². The Bertz CT molecular complexity index is 461. The second kappa shape index (κ2) is 6.70. The second-order valence-electron chi connectivity index (χ2n) is 5.36. The van der Waals surface area contributed by atoms with Gasteiger partial charge in [0.2, 0.25) is 0 Å². The smallest absolute Gasteiger partial charge is 0.251 e. The summed E-state index contributed by atoms with van der Waals surface area (Å²) < 4.78 is 1.11. The third-order valence-electron chi connectivity index (χ3n) is 3.74. The van der Waals surface area contributed by atoms with E-state index < -0.39 is 0 Å². The van der Waals surface area contributed by atoms with Gasteiger partial charge in [-0.2, -0.15) is 0 Å². The van der Waals surface area contributed by atoms with Crippen molar-refractivity contribution < 1.29 is 9.90 Å². The van der Waals surface area contributed by atoms with Crippen LogP contribution in [0.1, 0.15) is 41.6 Å². The highest BCUT2D eigenvalue weighted by Crippen LogP contribution is 2.23. The average molecular weight is 373 g/mol. The van der Waals surface area contributed by atoms with E-state index in [1.165, 1.54) is 5.56 Å². The van der Waals surface area contributed by atoms with Crippen LogP contribution in [-0.2, 0) is 0 Å². The van der Waals surface area contributed by atoms with Crippen LogP contribution in [0.2, 0.25) is 0 Å². The molecule has 0 saturated heterocycles. The van der Waals surface area contributed by atoms with Crippen LogP contribution in [0.4, 0.5) is 0 Å². The number of hydrogen-bond acceptors (Lipinski definition) is 2. The Balaban J connectivity index is 1.88. The van der Waals surface area contributed by atoms with Crippen molar-refractivity contribution in [1.82, 2.24) is 5.32 Å². The van der Waals surface area contributed by atoms with Gasteiger partial charge < -0.3 is 10.4 Å². The van der Waals surface area contributed by atoms with Crippen molar-refractivity contribution in [3.05, 3.63) is 32.9 Å². The summed E-state index contributed by atoms with van der Waals surface area (Å²) in [6, 6.07) is 5.75. The van der Waals surface area contributed by atoms with Crippen LogP contribution >= 0.6 is 22.6 Å². The maximum Gasteiger partial charge on any atom is 0.251 e. The van der Waals surface area contributed by atoms with Gasteiger partial charge in [-0.1, -0.05) is 12.5 Å². The van der Waals surface area contributed by atoms with Gasteiger partial charge in [-0.3, -0.25) is 4.79 Å². The lowest BCUT2D eigenvalue weighted by Crippen LogP contribution is -2.33. The lowest BCUT2D eigenvalue weighted by molar-refractivity contribution is 0.0874. The molecule has 2 unspecified atom stereocenters. The van der Waals surface area contributed by atoms with E-state index in [0.29, 0.717) is 18.0 Å². The number of nitrogens with one attached hydrogen (secondary N) is 1. The van der Waals surface area contributed by atoms with Gasteiger partial charge in [0.15, 0.2) is 0 Å². The van der Waals surface area contributed by atoms with Crippen molar-refractivity contribution in [2.45, 2.75) is 38.7 Å². The van der Waals surface area contributed by atoms with Crippen molar-refractivity contribution in [3.8, 4) is 0 Å². The molecule has 2 rings (SSSR count). The monoisotopic (exact) mass is 373 g/mol. The zero-order chi connectivity index (χ0) is 13.8. The predicted molar refractivity (Wildman–Crippen MR) is 84.2 cm³/mol. The summed E-state index contributed by atoms with van der Waals surface area (Å²) in [6.45, 7) is 2.70. The number of aryl methyl sites for hydroxylation is 1. The Morgan fingerprint density at radius 2 is 2.26 bits per heavy atom. The number of hydrogen-bond donors (Lipinski definition) is 2. The van der Waals surface area contributed by atoms with Crippen LogP contribution in [-0.4, -0.2) is 23.7 Å². The molecular formula is C15H20INO2. The fourth-order valence-electron chi connectivity index (χ4n) is 2.52. The molecule has 0 bridgehead atoms. The largest absolute Gasteiger partial charge is 0.393 e. The van der Waals surface area contributed by atoms with Gasteiger partial charge in [-0.15, -0.1) is 0 Å². The van der Waals surface area contributed by atoms with Gasteiger partial charge in [0.05, 0.1) is 6.10 Å². The van der Waals surface area contributed by atoms with Crippen molar-refractivity contribution >= 4 is 28.5 Å². The lowest BCUT2D eigenvalue weighted by Gasteiger charge is -2.25. The van der Waals surface area contributed by atoms with E-state index in [1.54, 1.807) is 0 Å². The molecule has 1 aliphatic rings. The highest BCUT2D eigenvalue weighted by Gasteiger charge is 2.20. The number of aliphatic hydroxyl groups is 1. The Morgan fingerprint density at radius 1 is 1.47 bits per heavy atom. The fraction of sp³-hybridized carbons (Fsp3) is 0.533. The van der Waals surface area contributed by atoms with Crippen LogP contribution in [0.5, 0.6) is 0 Å². The summed E-state index contributed by atoms with van der Waals surface area (Å²) in [5.74, 6) is 0.398. The Labute approximate surface area is 127 Å². The summed E-state index contributed by atoms with van der Waals surface area (Å²) >= 11 is 2.24. The Kier molecular flexibility index (Phi) is 5.21. The quantitative estimate of drug-likeness (QED) is 0.801. The molecule has 0 radical (unpaired) electrons. The van der Waals surface area contributed by atoms with Crippen LogP contribution in [0.25, 0.3) is 0 Å². The molecule has 1 aromatic carbocycles. The third-order valence-corrected chi connectivity index (χ3v) is 4.90. The lowest BCUT2D eigenvalue weighted by atomic mass is 9.87. The van der Waals surface area contributed by atoms with E-state index in [2.05, 4.69) is 27.9 Å². The van der Waals surface area contributed by atoms with Gasteiger partial charge in [0, 0.05) is 15.7 Å². The van der Waals surface area contributed by atoms with Gasteiger partial charge in [0.25, 0.3) is 5.91 Å². The van der Waals surface area contributed by atoms with Crippen LogP contribution in [0, 0.1) is 16.4 Å². The summed E-state index contributed by atoms with van der Waals surface area (Å²) in [5.41, 5.74) is 1.90. The number of benzene rings is 1. The second-order valence-corrected chi connectivity index (χ2v) is 6.52. The zero-order valence-electron chi connectivity index (χ0n) is 11.2. The summed E-state index contributed by atoms with van der Waals surface area (Å²) in [7, 11) is 0. The first kappa shape index (κ1) is 14.8. The van der Waals surface area contributed by atoms with Gasteiger partial charge in [-0.25, -0.2) is 0 Å². The van der Waals surface area contributed by atoms with Crippen molar-refractivity contribution in [2.75, 3.05) is 6.54 Å². The SMILES string of the molecule is Cc1ccc(C(=O)NCC2CCCC(O)C2)cc1I. The highest BCUT2D eigenvalue weighted by molar-refractivity contribution is 14.1. The highest BCUT2D eigenvalue weighted by atomic mass is 127. The van der Waals surface area contributed by atoms with Gasteiger partial charge >= 0.3 is 0 Å². The minimum absolute atomic E-state index is 0.0158. The summed E-state index contributed by atoms with van der Waals surface area (Å²) in [5, 5.41) is 12.6. The molecule has 0 heterocycles. The molecule has 1 aromatic rings. The summed E-state index contributed by atoms with van der Waals surface area (Å²) in [6.07, 6.45) is 3.69.